The molecule has 0 aromatic carbocycles. The van der Waals surface area contributed by atoms with Crippen LogP contribution in [0.4, 0.5) is 5.69 Å². The van der Waals surface area contributed by atoms with Crippen molar-refractivity contribution in [2.24, 2.45) is 0 Å². The van der Waals surface area contributed by atoms with Gasteiger partial charge in [-0.1, -0.05) is 21.3 Å². The largest absolute Gasteiger partial charge is 0.377 e. The number of H-pyrrole nitrogens is 1. The molecular formula is C14H27N2+. The maximum Gasteiger partial charge on any atom is 0.182 e. The van der Waals surface area contributed by atoms with Crippen LogP contribution in [0.2, 0.25) is 0 Å². The highest BCUT2D eigenvalue weighted by Crippen LogP contribution is 2.31. The van der Waals surface area contributed by atoms with E-state index in [1.54, 1.807) is 0 Å². The van der Waals surface area contributed by atoms with Crippen molar-refractivity contribution in [1.29, 1.82) is 0 Å². The fraction of sp³-hybridized carbons (Fsp3) is 0.643. The quantitative estimate of drug-likeness (QED) is 0.752. The van der Waals surface area contributed by atoms with Crippen molar-refractivity contribution in [2.45, 2.75) is 48.0 Å². The third-order valence-corrected chi connectivity index (χ3v) is 2.98. The Bertz CT molecular complexity index is 365. The van der Waals surface area contributed by atoms with Crippen LogP contribution in [0, 0.1) is 20.8 Å². The van der Waals surface area contributed by atoms with E-state index in [1.807, 2.05) is 0 Å². The van der Waals surface area contributed by atoms with E-state index in [9.17, 15) is 0 Å². The molecule has 1 aromatic heterocycles. The normalized spacial score (nSPS) is 10.2. The highest BCUT2D eigenvalue weighted by Gasteiger charge is 2.21. The van der Waals surface area contributed by atoms with E-state index in [4.69, 9.17) is 0 Å². The Kier molecular flexibility index (Phi) is 4.98. The SMILES string of the molecule is C.Cc1[nH+]c(C)c(C(C)C)c(N(C)C)c1C. The van der Waals surface area contributed by atoms with Gasteiger partial charge >= 0.3 is 0 Å². The van der Waals surface area contributed by atoms with Crippen LogP contribution >= 0.6 is 0 Å². The Hall–Kier alpha value is -1.05. The van der Waals surface area contributed by atoms with Crippen LogP contribution in [0.1, 0.15) is 49.7 Å². The highest BCUT2D eigenvalue weighted by molar-refractivity contribution is 5.60. The van der Waals surface area contributed by atoms with Crippen molar-refractivity contribution in [2.75, 3.05) is 19.0 Å². The summed E-state index contributed by atoms with van der Waals surface area (Å²) in [5, 5.41) is 0. The predicted octanol–water partition coefficient (Wildman–Crippen LogP) is 3.25. The summed E-state index contributed by atoms with van der Waals surface area (Å²) < 4.78 is 0. The minimum atomic E-state index is 0. The summed E-state index contributed by atoms with van der Waals surface area (Å²) in [5.41, 5.74) is 6.72. The molecule has 0 spiro atoms. The summed E-state index contributed by atoms with van der Waals surface area (Å²) in [6, 6.07) is 0. The van der Waals surface area contributed by atoms with E-state index >= 15 is 0 Å². The second kappa shape index (κ2) is 5.33. The number of anilines is 1. The number of nitrogens with zero attached hydrogens (tertiary/aromatic N) is 1. The van der Waals surface area contributed by atoms with Gasteiger partial charge in [0, 0.05) is 39.1 Å². The Morgan fingerprint density at radius 2 is 1.50 bits per heavy atom. The van der Waals surface area contributed by atoms with Gasteiger partial charge in [0.15, 0.2) is 11.4 Å². The van der Waals surface area contributed by atoms with E-state index in [2.05, 4.69) is 58.6 Å². The molecular weight excluding hydrogens is 196 g/mol. The summed E-state index contributed by atoms with van der Waals surface area (Å²) in [4.78, 5) is 5.68. The van der Waals surface area contributed by atoms with Crippen LogP contribution in [0.3, 0.4) is 0 Å². The molecule has 0 saturated carbocycles. The van der Waals surface area contributed by atoms with E-state index in [0.29, 0.717) is 5.92 Å². The van der Waals surface area contributed by atoms with Gasteiger partial charge in [0.2, 0.25) is 0 Å². The average Bonchev–Trinajstić information content (AvgIpc) is 2.09. The molecule has 1 aromatic rings. The van der Waals surface area contributed by atoms with Crippen molar-refractivity contribution in [3.05, 3.63) is 22.5 Å². The van der Waals surface area contributed by atoms with E-state index in [0.717, 1.165) is 0 Å². The number of hydrogen-bond acceptors (Lipinski definition) is 1. The van der Waals surface area contributed by atoms with E-state index < -0.39 is 0 Å². The molecule has 0 fully saturated rings. The molecule has 0 unspecified atom stereocenters. The zero-order valence-electron chi connectivity index (χ0n) is 11.0. The maximum absolute atomic E-state index is 3.46. The fourth-order valence-corrected chi connectivity index (χ4v) is 2.28. The highest BCUT2D eigenvalue weighted by atomic mass is 15.1. The smallest absolute Gasteiger partial charge is 0.182 e. The van der Waals surface area contributed by atoms with Gasteiger partial charge in [-0.25, -0.2) is 4.98 Å². The minimum absolute atomic E-state index is 0. The van der Waals surface area contributed by atoms with Crippen molar-refractivity contribution in [3.8, 4) is 0 Å². The molecule has 0 aliphatic rings. The second-order valence-electron chi connectivity index (χ2n) is 4.81. The molecule has 16 heavy (non-hydrogen) atoms. The van der Waals surface area contributed by atoms with Gasteiger partial charge < -0.3 is 4.90 Å². The standard InChI is InChI=1S/C13H22N2.CH4/c1-8(2)12-11(5)14-10(4)9(3)13(12)15(6)7;/h8H,1-7H3;1H4/p+1. The third kappa shape index (κ3) is 2.55. The van der Waals surface area contributed by atoms with Crippen LogP contribution in [-0.4, -0.2) is 14.1 Å². The van der Waals surface area contributed by atoms with E-state index in [1.165, 1.54) is 28.2 Å². The Labute approximate surface area is 101 Å². The molecule has 1 N–H and O–H groups in total. The number of rotatable bonds is 2. The van der Waals surface area contributed by atoms with Crippen LogP contribution < -0.4 is 9.88 Å². The van der Waals surface area contributed by atoms with Gasteiger partial charge in [-0.05, 0) is 12.8 Å². The van der Waals surface area contributed by atoms with Crippen molar-refractivity contribution in [1.82, 2.24) is 0 Å². The second-order valence-corrected chi connectivity index (χ2v) is 4.81. The summed E-state index contributed by atoms with van der Waals surface area (Å²) in [7, 11) is 4.24. The lowest BCUT2D eigenvalue weighted by Crippen LogP contribution is -2.23. The molecule has 1 rings (SSSR count). The first-order valence-corrected chi connectivity index (χ1v) is 5.56. The first kappa shape index (κ1) is 14.9. The molecule has 92 valence electrons. The van der Waals surface area contributed by atoms with Crippen LogP contribution in [0.25, 0.3) is 0 Å². The molecule has 2 heteroatoms. The maximum atomic E-state index is 3.46. The van der Waals surface area contributed by atoms with Gasteiger partial charge in [0.25, 0.3) is 0 Å². The van der Waals surface area contributed by atoms with Crippen LogP contribution in [0.15, 0.2) is 0 Å². The van der Waals surface area contributed by atoms with E-state index in [-0.39, 0.29) is 7.43 Å². The lowest BCUT2D eigenvalue weighted by Gasteiger charge is -2.22. The topological polar surface area (TPSA) is 17.4 Å². The number of pyridine rings is 1. The molecule has 0 atom stereocenters. The molecule has 1 heterocycles. The molecule has 0 radical (unpaired) electrons. The summed E-state index contributed by atoms with van der Waals surface area (Å²) >= 11 is 0. The lowest BCUT2D eigenvalue weighted by atomic mass is 9.95. The van der Waals surface area contributed by atoms with Crippen molar-refractivity contribution < 1.29 is 4.98 Å². The molecule has 0 bridgehead atoms. The minimum Gasteiger partial charge on any atom is -0.377 e. The van der Waals surface area contributed by atoms with Crippen molar-refractivity contribution in [3.63, 3.8) is 0 Å². The van der Waals surface area contributed by atoms with Gasteiger partial charge in [0.1, 0.15) is 0 Å². The average molecular weight is 223 g/mol. The van der Waals surface area contributed by atoms with Gasteiger partial charge in [-0.3, -0.25) is 0 Å². The van der Waals surface area contributed by atoms with Gasteiger partial charge in [-0.15, -0.1) is 0 Å². The van der Waals surface area contributed by atoms with Crippen molar-refractivity contribution >= 4 is 5.69 Å². The summed E-state index contributed by atoms with van der Waals surface area (Å²) in [5.74, 6) is 0.554. The third-order valence-electron chi connectivity index (χ3n) is 2.98. The molecule has 2 nitrogen and oxygen atoms in total. The summed E-state index contributed by atoms with van der Waals surface area (Å²) in [6.45, 7) is 11.0. The molecule has 0 amide bonds. The van der Waals surface area contributed by atoms with Gasteiger partial charge in [-0.2, -0.15) is 0 Å². The predicted molar refractivity (Wildman–Crippen MR) is 72.4 cm³/mol. The molecule has 0 aliphatic heterocycles. The number of aromatic nitrogens is 1. The summed E-state index contributed by atoms with van der Waals surface area (Å²) in [6.07, 6.45) is 0. The number of aromatic amines is 1. The number of hydrogen-bond donors (Lipinski definition) is 0. The number of aryl methyl sites for hydroxylation is 2. The van der Waals surface area contributed by atoms with Crippen LogP contribution in [-0.2, 0) is 0 Å². The monoisotopic (exact) mass is 223 g/mol. The van der Waals surface area contributed by atoms with Crippen LogP contribution in [0.5, 0.6) is 0 Å². The number of nitrogens with one attached hydrogen (secondary N) is 1. The zero-order chi connectivity index (χ0) is 11.7. The fourth-order valence-electron chi connectivity index (χ4n) is 2.28. The first-order chi connectivity index (χ1) is 6.86. The Morgan fingerprint density at radius 3 is 1.88 bits per heavy atom. The zero-order valence-corrected chi connectivity index (χ0v) is 11.0. The molecule has 0 saturated heterocycles. The van der Waals surface area contributed by atoms with Gasteiger partial charge in [0.05, 0.1) is 5.69 Å². The lowest BCUT2D eigenvalue weighted by molar-refractivity contribution is -0.398. The Balaban J connectivity index is 0.00000225. The Morgan fingerprint density at radius 1 is 1.00 bits per heavy atom. The first-order valence-electron chi connectivity index (χ1n) is 5.56. The molecule has 0 aliphatic carbocycles.